The third-order valence-electron chi connectivity index (χ3n) is 7.70. The standard InChI is InChI=1S/C32H38Cl2N6O3/c1-5-43-29-25(20-35-30(37-29)32(2,3)4)28-36-26(21-6-10-23(33)11-7-21)27(22-8-12-24(34)13-9-22)40(28)31(42)39-16-14-38(15-17-39)18-19-41/h6-13,20,26-27,41H,5,14-19H2,1-4H3/t26-,27+/m0/s1. The SMILES string of the molecule is CCOc1nc(C(C)(C)C)ncc1C1=N[C@@H](c2ccc(Cl)cc2)[C@@H](c2ccc(Cl)cc2)N1C(=O)N1CCN(CCO)CC1. The Bertz CT molecular complexity index is 1450. The lowest BCUT2D eigenvalue weighted by molar-refractivity contribution is 0.108. The molecule has 2 amide bonds. The number of amides is 2. The number of amidine groups is 1. The van der Waals surface area contributed by atoms with Crippen molar-refractivity contribution in [3.05, 3.63) is 87.3 Å². The van der Waals surface area contributed by atoms with Crippen LogP contribution < -0.4 is 4.74 Å². The van der Waals surface area contributed by atoms with Gasteiger partial charge < -0.3 is 14.7 Å². The van der Waals surface area contributed by atoms with Crippen molar-refractivity contribution in [1.82, 2.24) is 24.7 Å². The summed E-state index contributed by atoms with van der Waals surface area (Å²) in [5.74, 6) is 1.48. The number of hydrogen-bond donors (Lipinski definition) is 1. The molecule has 0 unspecified atom stereocenters. The molecule has 1 N–H and O–H groups in total. The molecule has 2 atom stereocenters. The normalized spacial score (nSPS) is 19.5. The second kappa shape index (κ2) is 13.2. The second-order valence-corrected chi connectivity index (χ2v) is 12.6. The molecule has 1 fully saturated rings. The molecule has 43 heavy (non-hydrogen) atoms. The summed E-state index contributed by atoms with van der Waals surface area (Å²) < 4.78 is 6.06. The smallest absolute Gasteiger partial charge is 0.326 e. The minimum atomic E-state index is -0.479. The van der Waals surface area contributed by atoms with E-state index in [1.807, 2.05) is 81.1 Å². The summed E-state index contributed by atoms with van der Waals surface area (Å²) >= 11 is 12.6. The summed E-state index contributed by atoms with van der Waals surface area (Å²) in [7, 11) is 0. The topological polar surface area (TPSA) is 94.4 Å². The van der Waals surface area contributed by atoms with E-state index in [0.29, 0.717) is 72.5 Å². The van der Waals surface area contributed by atoms with Gasteiger partial charge in [-0.05, 0) is 42.3 Å². The first-order valence-electron chi connectivity index (χ1n) is 14.6. The van der Waals surface area contributed by atoms with Crippen LogP contribution in [-0.4, -0.2) is 87.6 Å². The zero-order valence-corrected chi connectivity index (χ0v) is 26.5. The summed E-state index contributed by atoms with van der Waals surface area (Å²) in [5, 5.41) is 10.6. The predicted molar refractivity (Wildman–Crippen MR) is 169 cm³/mol. The Hall–Kier alpha value is -3.24. The van der Waals surface area contributed by atoms with Crippen molar-refractivity contribution in [1.29, 1.82) is 0 Å². The van der Waals surface area contributed by atoms with Gasteiger partial charge >= 0.3 is 6.03 Å². The number of piperazine rings is 1. The highest BCUT2D eigenvalue weighted by Gasteiger charge is 2.45. The molecule has 228 valence electrons. The first kappa shape index (κ1) is 31.2. The van der Waals surface area contributed by atoms with Crippen LogP contribution in [0.3, 0.4) is 0 Å². The summed E-state index contributed by atoms with van der Waals surface area (Å²) in [6, 6.07) is 14.0. The Balaban J connectivity index is 1.66. The van der Waals surface area contributed by atoms with Crippen LogP contribution in [0, 0.1) is 0 Å². The van der Waals surface area contributed by atoms with Gasteiger partial charge in [-0.15, -0.1) is 0 Å². The molecule has 2 aliphatic heterocycles. The largest absolute Gasteiger partial charge is 0.477 e. The molecular weight excluding hydrogens is 587 g/mol. The molecule has 0 aliphatic carbocycles. The molecular formula is C32H38Cl2N6O3. The zero-order chi connectivity index (χ0) is 30.7. The molecule has 2 aliphatic rings. The number of rotatable bonds is 7. The van der Waals surface area contributed by atoms with Crippen LogP contribution >= 0.6 is 23.2 Å². The van der Waals surface area contributed by atoms with E-state index in [-0.39, 0.29) is 18.1 Å². The second-order valence-electron chi connectivity index (χ2n) is 11.7. The van der Waals surface area contributed by atoms with Crippen LogP contribution in [0.1, 0.15) is 62.3 Å². The zero-order valence-electron chi connectivity index (χ0n) is 25.0. The van der Waals surface area contributed by atoms with Crippen LogP contribution in [0.2, 0.25) is 10.0 Å². The van der Waals surface area contributed by atoms with E-state index in [1.54, 1.807) is 11.1 Å². The van der Waals surface area contributed by atoms with Gasteiger partial charge in [0.05, 0.1) is 24.8 Å². The van der Waals surface area contributed by atoms with Gasteiger partial charge in [-0.25, -0.2) is 9.78 Å². The first-order chi connectivity index (χ1) is 20.6. The molecule has 1 saturated heterocycles. The van der Waals surface area contributed by atoms with Crippen molar-refractivity contribution >= 4 is 35.1 Å². The predicted octanol–water partition coefficient (Wildman–Crippen LogP) is 5.75. The van der Waals surface area contributed by atoms with Crippen molar-refractivity contribution in [3.63, 3.8) is 0 Å². The van der Waals surface area contributed by atoms with E-state index in [2.05, 4.69) is 4.90 Å². The van der Waals surface area contributed by atoms with Crippen molar-refractivity contribution in [2.24, 2.45) is 4.99 Å². The first-order valence-corrected chi connectivity index (χ1v) is 15.4. The van der Waals surface area contributed by atoms with Crippen LogP contribution in [0.4, 0.5) is 4.79 Å². The van der Waals surface area contributed by atoms with Gasteiger partial charge in [0.2, 0.25) is 5.88 Å². The minimum absolute atomic E-state index is 0.0864. The molecule has 9 nitrogen and oxygen atoms in total. The van der Waals surface area contributed by atoms with Crippen molar-refractivity contribution in [2.75, 3.05) is 45.9 Å². The van der Waals surface area contributed by atoms with Gasteiger partial charge in [-0.2, -0.15) is 4.98 Å². The van der Waals surface area contributed by atoms with Gasteiger partial charge in [0.15, 0.2) is 0 Å². The third-order valence-corrected chi connectivity index (χ3v) is 8.21. The van der Waals surface area contributed by atoms with Gasteiger partial charge in [0.25, 0.3) is 0 Å². The molecule has 0 spiro atoms. The Morgan fingerprint density at radius 1 is 0.977 bits per heavy atom. The molecule has 0 saturated carbocycles. The van der Waals surface area contributed by atoms with Gasteiger partial charge in [0.1, 0.15) is 17.7 Å². The lowest BCUT2D eigenvalue weighted by Crippen LogP contribution is -2.54. The van der Waals surface area contributed by atoms with E-state index in [1.165, 1.54) is 0 Å². The fraction of sp³-hybridized carbons (Fsp3) is 0.438. The summed E-state index contributed by atoms with van der Waals surface area (Å²) in [5.41, 5.74) is 2.05. The number of aliphatic imine (C=N–C) groups is 1. The molecule has 11 heteroatoms. The number of carbonyl (C=O) groups is 1. The Labute approximate surface area is 263 Å². The average Bonchev–Trinajstić information content (AvgIpc) is 3.38. The number of carbonyl (C=O) groups excluding carboxylic acids is 1. The molecule has 0 radical (unpaired) electrons. The highest BCUT2D eigenvalue weighted by atomic mass is 35.5. The Morgan fingerprint density at radius 3 is 2.14 bits per heavy atom. The van der Waals surface area contributed by atoms with Crippen molar-refractivity contribution in [3.8, 4) is 5.88 Å². The number of hydrogen-bond acceptors (Lipinski definition) is 7. The monoisotopic (exact) mass is 624 g/mol. The minimum Gasteiger partial charge on any atom is -0.477 e. The molecule has 5 rings (SSSR count). The number of aliphatic hydroxyl groups excluding tert-OH is 1. The summed E-state index contributed by atoms with van der Waals surface area (Å²) in [4.78, 5) is 35.1. The number of benzene rings is 2. The van der Waals surface area contributed by atoms with Crippen LogP contribution in [0.15, 0.2) is 59.7 Å². The van der Waals surface area contributed by atoms with Crippen molar-refractivity contribution < 1.29 is 14.6 Å². The van der Waals surface area contributed by atoms with E-state index < -0.39 is 12.1 Å². The average molecular weight is 626 g/mol. The number of ether oxygens (including phenoxy) is 1. The number of halogens is 2. The number of nitrogens with zero attached hydrogens (tertiary/aromatic N) is 6. The molecule has 3 aromatic rings. The van der Waals surface area contributed by atoms with Crippen LogP contribution in [0.25, 0.3) is 0 Å². The van der Waals surface area contributed by atoms with Gasteiger partial charge in [-0.1, -0.05) is 68.2 Å². The maximum Gasteiger partial charge on any atom is 0.326 e. The highest BCUT2D eigenvalue weighted by molar-refractivity contribution is 6.30. The van der Waals surface area contributed by atoms with E-state index in [0.717, 1.165) is 11.1 Å². The molecule has 0 bridgehead atoms. The lowest BCUT2D eigenvalue weighted by atomic mass is 9.93. The lowest BCUT2D eigenvalue weighted by Gasteiger charge is -2.39. The maximum atomic E-state index is 14.6. The quantitative estimate of drug-likeness (QED) is 0.359. The number of aromatic nitrogens is 2. The van der Waals surface area contributed by atoms with Gasteiger partial charge in [0, 0.05) is 54.4 Å². The van der Waals surface area contributed by atoms with Gasteiger partial charge in [-0.3, -0.25) is 14.8 Å². The number of β-amino-alcohol motifs (C(OH)–C–C–N with tert-alkyl or cyclic N) is 1. The van der Waals surface area contributed by atoms with E-state index >= 15 is 0 Å². The Morgan fingerprint density at radius 2 is 1.58 bits per heavy atom. The van der Waals surface area contributed by atoms with E-state index in [4.69, 9.17) is 42.9 Å². The van der Waals surface area contributed by atoms with Crippen molar-refractivity contribution in [2.45, 2.75) is 45.2 Å². The summed E-state index contributed by atoms with van der Waals surface area (Å²) in [6.45, 7) is 11.5. The number of urea groups is 1. The highest BCUT2D eigenvalue weighted by Crippen LogP contribution is 2.45. The molecule has 3 heterocycles. The fourth-order valence-electron chi connectivity index (χ4n) is 5.44. The Kier molecular flexibility index (Phi) is 9.56. The summed E-state index contributed by atoms with van der Waals surface area (Å²) in [6.07, 6.45) is 1.72. The third kappa shape index (κ3) is 6.80. The van der Waals surface area contributed by atoms with Crippen LogP contribution in [0.5, 0.6) is 5.88 Å². The maximum absolute atomic E-state index is 14.6. The molecule has 2 aromatic carbocycles. The number of aliphatic hydroxyl groups is 1. The fourth-order valence-corrected chi connectivity index (χ4v) is 5.69. The van der Waals surface area contributed by atoms with E-state index in [9.17, 15) is 9.90 Å². The van der Waals surface area contributed by atoms with Crippen LogP contribution in [-0.2, 0) is 5.41 Å². The molecule has 1 aromatic heterocycles.